The molecule has 4 rings (SSSR count). The highest BCUT2D eigenvalue weighted by molar-refractivity contribution is 5.71. The summed E-state index contributed by atoms with van der Waals surface area (Å²) in [7, 11) is 2.21. The van der Waals surface area contributed by atoms with Crippen molar-refractivity contribution in [1.29, 1.82) is 0 Å². The number of aromatic nitrogens is 3. The first-order valence-corrected chi connectivity index (χ1v) is 7.95. The van der Waals surface area contributed by atoms with Crippen molar-refractivity contribution in [3.8, 4) is 0 Å². The molecule has 2 fully saturated rings. The minimum Gasteiger partial charge on any atom is -0.381 e. The molecule has 0 saturated carbocycles. The van der Waals surface area contributed by atoms with Crippen molar-refractivity contribution in [2.24, 2.45) is 0 Å². The van der Waals surface area contributed by atoms with E-state index in [-0.39, 0.29) is 0 Å². The van der Waals surface area contributed by atoms with E-state index in [1.807, 2.05) is 12.3 Å². The Morgan fingerprint density at radius 1 is 1.24 bits per heavy atom. The summed E-state index contributed by atoms with van der Waals surface area (Å²) < 4.78 is 7.94. The lowest BCUT2D eigenvalue weighted by Crippen LogP contribution is -2.26. The van der Waals surface area contributed by atoms with E-state index in [1.54, 1.807) is 0 Å². The molecular formula is C16H22N4O. The van der Waals surface area contributed by atoms with Crippen LogP contribution < -0.4 is 0 Å². The fourth-order valence-electron chi connectivity index (χ4n) is 3.72. The van der Waals surface area contributed by atoms with Crippen LogP contribution in [0.25, 0.3) is 11.2 Å². The minimum absolute atomic E-state index is 0.432. The summed E-state index contributed by atoms with van der Waals surface area (Å²) in [6.45, 7) is 2.85. The van der Waals surface area contributed by atoms with Gasteiger partial charge in [0.25, 0.3) is 0 Å². The maximum Gasteiger partial charge on any atom is 0.160 e. The number of hydrogen-bond donors (Lipinski definition) is 0. The van der Waals surface area contributed by atoms with Crippen LogP contribution >= 0.6 is 0 Å². The zero-order chi connectivity index (χ0) is 14.2. The molecule has 21 heavy (non-hydrogen) atoms. The van der Waals surface area contributed by atoms with Gasteiger partial charge in [-0.25, -0.2) is 9.97 Å². The van der Waals surface area contributed by atoms with Crippen molar-refractivity contribution in [3.05, 3.63) is 24.2 Å². The molecule has 5 nitrogen and oxygen atoms in total. The van der Waals surface area contributed by atoms with E-state index in [9.17, 15) is 0 Å². The topological polar surface area (TPSA) is 43.2 Å². The third kappa shape index (κ3) is 2.24. The third-order valence-corrected chi connectivity index (χ3v) is 4.85. The lowest BCUT2D eigenvalue weighted by Gasteiger charge is -2.28. The number of fused-ring (bicyclic) bond motifs is 1. The molecule has 2 saturated heterocycles. The first-order chi connectivity index (χ1) is 10.3. The van der Waals surface area contributed by atoms with Gasteiger partial charge < -0.3 is 9.30 Å². The van der Waals surface area contributed by atoms with E-state index >= 15 is 0 Å². The van der Waals surface area contributed by atoms with Crippen LogP contribution in [0.5, 0.6) is 0 Å². The molecule has 0 amide bonds. The Bertz CT molecular complexity index is 632. The number of hydrogen-bond acceptors (Lipinski definition) is 4. The highest BCUT2D eigenvalue weighted by Crippen LogP contribution is 2.35. The summed E-state index contributed by atoms with van der Waals surface area (Å²) in [5, 5.41) is 0. The number of pyridine rings is 1. The maximum atomic E-state index is 5.53. The molecule has 5 heteroatoms. The fourth-order valence-corrected chi connectivity index (χ4v) is 3.72. The van der Waals surface area contributed by atoms with E-state index in [4.69, 9.17) is 9.72 Å². The number of imidazole rings is 1. The van der Waals surface area contributed by atoms with Crippen LogP contribution in [-0.4, -0.2) is 46.2 Å². The number of likely N-dealkylation sites (tertiary alicyclic amines) is 1. The molecule has 0 aliphatic carbocycles. The van der Waals surface area contributed by atoms with Gasteiger partial charge in [-0.05, 0) is 51.4 Å². The van der Waals surface area contributed by atoms with Gasteiger partial charge in [-0.3, -0.25) is 4.90 Å². The predicted octanol–water partition coefficient (Wildman–Crippen LogP) is 2.55. The van der Waals surface area contributed by atoms with E-state index in [0.29, 0.717) is 12.1 Å². The summed E-state index contributed by atoms with van der Waals surface area (Å²) >= 11 is 0. The monoisotopic (exact) mass is 286 g/mol. The second-order valence-corrected chi connectivity index (χ2v) is 6.17. The Hall–Kier alpha value is -1.46. The van der Waals surface area contributed by atoms with Crippen molar-refractivity contribution >= 4 is 11.2 Å². The second-order valence-electron chi connectivity index (χ2n) is 6.17. The Morgan fingerprint density at radius 3 is 2.86 bits per heavy atom. The van der Waals surface area contributed by atoms with Crippen molar-refractivity contribution in [2.75, 3.05) is 26.8 Å². The van der Waals surface area contributed by atoms with Gasteiger partial charge in [0.1, 0.15) is 11.3 Å². The molecule has 2 aliphatic rings. The highest BCUT2D eigenvalue weighted by Gasteiger charge is 2.31. The lowest BCUT2D eigenvalue weighted by molar-refractivity contribution is 0.0687. The van der Waals surface area contributed by atoms with Crippen molar-refractivity contribution in [3.63, 3.8) is 0 Å². The quantitative estimate of drug-likeness (QED) is 0.851. The summed E-state index contributed by atoms with van der Waals surface area (Å²) in [6.07, 6.45) is 6.45. The molecule has 0 bridgehead atoms. The molecule has 0 N–H and O–H groups in total. The van der Waals surface area contributed by atoms with Gasteiger partial charge >= 0.3 is 0 Å². The molecule has 2 aliphatic heterocycles. The molecule has 112 valence electrons. The van der Waals surface area contributed by atoms with Crippen molar-refractivity contribution < 1.29 is 4.74 Å². The number of rotatable bonds is 2. The van der Waals surface area contributed by atoms with Crippen LogP contribution in [0.3, 0.4) is 0 Å². The van der Waals surface area contributed by atoms with Crippen molar-refractivity contribution in [2.45, 2.75) is 37.8 Å². The summed E-state index contributed by atoms with van der Waals surface area (Å²) in [6, 6.07) is 4.97. The SMILES string of the molecule is CN1CCCC1c1nc2cccnc2n1C1CCOCC1. The lowest BCUT2D eigenvalue weighted by atomic mass is 10.1. The van der Waals surface area contributed by atoms with Crippen LogP contribution in [0.4, 0.5) is 0 Å². The first kappa shape index (κ1) is 13.2. The second kappa shape index (κ2) is 5.39. The predicted molar refractivity (Wildman–Crippen MR) is 81.2 cm³/mol. The number of ether oxygens (including phenoxy) is 1. The molecule has 2 aromatic heterocycles. The summed E-state index contributed by atoms with van der Waals surface area (Å²) in [4.78, 5) is 12.0. The molecule has 4 heterocycles. The zero-order valence-electron chi connectivity index (χ0n) is 12.5. The normalized spacial score (nSPS) is 24.9. The Balaban J connectivity index is 1.84. The van der Waals surface area contributed by atoms with Crippen molar-refractivity contribution in [1.82, 2.24) is 19.4 Å². The smallest absolute Gasteiger partial charge is 0.160 e. The molecule has 1 atom stereocenters. The average molecular weight is 286 g/mol. The van der Waals surface area contributed by atoms with E-state index < -0.39 is 0 Å². The van der Waals surface area contributed by atoms with Crippen LogP contribution in [0.15, 0.2) is 18.3 Å². The minimum atomic E-state index is 0.432. The van der Waals surface area contributed by atoms with E-state index in [0.717, 1.165) is 43.8 Å². The summed E-state index contributed by atoms with van der Waals surface area (Å²) in [5.41, 5.74) is 2.07. The van der Waals surface area contributed by atoms with Crippen LogP contribution in [0.2, 0.25) is 0 Å². The molecule has 0 radical (unpaired) electrons. The first-order valence-electron chi connectivity index (χ1n) is 7.95. The Kier molecular flexibility index (Phi) is 3.39. The Morgan fingerprint density at radius 2 is 2.10 bits per heavy atom. The molecular weight excluding hydrogens is 264 g/mol. The summed E-state index contributed by atoms with van der Waals surface area (Å²) in [5.74, 6) is 1.20. The largest absolute Gasteiger partial charge is 0.381 e. The van der Waals surface area contributed by atoms with Crippen LogP contribution in [-0.2, 0) is 4.74 Å². The molecule has 1 unspecified atom stereocenters. The van der Waals surface area contributed by atoms with Gasteiger partial charge in [0, 0.05) is 25.5 Å². The molecule has 0 aromatic carbocycles. The average Bonchev–Trinajstić information content (AvgIpc) is 3.11. The van der Waals surface area contributed by atoms with Crippen LogP contribution in [0.1, 0.15) is 43.6 Å². The molecule has 0 spiro atoms. The van der Waals surface area contributed by atoms with Crippen LogP contribution in [0, 0.1) is 0 Å². The van der Waals surface area contributed by atoms with Gasteiger partial charge in [0.05, 0.1) is 6.04 Å². The standard InChI is InChI=1S/C16H22N4O/c1-19-9-3-5-14(19)16-18-13-4-2-8-17-15(13)20(16)12-6-10-21-11-7-12/h2,4,8,12,14H,3,5-7,9-11H2,1H3. The van der Waals surface area contributed by atoms with Gasteiger partial charge in [-0.1, -0.05) is 0 Å². The Labute approximate surface area is 124 Å². The fraction of sp³-hybridized carbons (Fsp3) is 0.625. The zero-order valence-corrected chi connectivity index (χ0v) is 12.5. The highest BCUT2D eigenvalue weighted by atomic mass is 16.5. The van der Waals surface area contributed by atoms with Gasteiger partial charge in [-0.15, -0.1) is 0 Å². The van der Waals surface area contributed by atoms with E-state index in [1.165, 1.54) is 18.7 Å². The van der Waals surface area contributed by atoms with Gasteiger partial charge in [0.15, 0.2) is 5.65 Å². The molecule has 2 aromatic rings. The van der Waals surface area contributed by atoms with E-state index in [2.05, 4.69) is 27.6 Å². The third-order valence-electron chi connectivity index (χ3n) is 4.85. The number of nitrogens with zero attached hydrogens (tertiary/aromatic N) is 4. The van der Waals surface area contributed by atoms with Gasteiger partial charge in [0.2, 0.25) is 0 Å². The van der Waals surface area contributed by atoms with Gasteiger partial charge in [-0.2, -0.15) is 0 Å². The maximum absolute atomic E-state index is 5.53.